The summed E-state index contributed by atoms with van der Waals surface area (Å²) in [7, 11) is 1.85. The average Bonchev–Trinajstić information content (AvgIpc) is 2.38. The number of halogens is 2. The number of benzene rings is 1. The molecule has 1 atom stereocenters. The smallest absolute Gasteiger partial charge is 0.123 e. The molecule has 0 aliphatic rings. The molecule has 1 heterocycles. The van der Waals surface area contributed by atoms with Crippen molar-refractivity contribution in [3.63, 3.8) is 0 Å². The van der Waals surface area contributed by atoms with Gasteiger partial charge in [0.05, 0.1) is 5.02 Å². The average molecular weight is 265 g/mol. The highest BCUT2D eigenvalue weighted by Gasteiger charge is 2.12. The van der Waals surface area contributed by atoms with Crippen LogP contribution in [0.25, 0.3) is 0 Å². The molecule has 0 aliphatic heterocycles. The number of hydrogen-bond acceptors (Lipinski definition) is 2. The van der Waals surface area contributed by atoms with E-state index in [1.807, 2.05) is 19.2 Å². The van der Waals surface area contributed by atoms with Crippen LogP contribution < -0.4 is 5.32 Å². The third-order valence-corrected chi connectivity index (χ3v) is 3.22. The van der Waals surface area contributed by atoms with E-state index in [4.69, 9.17) is 11.6 Å². The maximum absolute atomic E-state index is 13.2. The van der Waals surface area contributed by atoms with E-state index in [2.05, 4.69) is 10.3 Å². The van der Waals surface area contributed by atoms with Gasteiger partial charge in [0.15, 0.2) is 0 Å². The van der Waals surface area contributed by atoms with Crippen LogP contribution >= 0.6 is 11.6 Å². The lowest BCUT2D eigenvalue weighted by Gasteiger charge is -2.17. The van der Waals surface area contributed by atoms with E-state index in [0.29, 0.717) is 11.4 Å². The zero-order valence-corrected chi connectivity index (χ0v) is 10.8. The first kappa shape index (κ1) is 13.0. The van der Waals surface area contributed by atoms with Gasteiger partial charge in [-0.2, -0.15) is 0 Å². The van der Waals surface area contributed by atoms with Crippen LogP contribution in [0.15, 0.2) is 42.7 Å². The van der Waals surface area contributed by atoms with Crippen molar-refractivity contribution in [3.05, 3.63) is 64.7 Å². The van der Waals surface area contributed by atoms with Gasteiger partial charge in [0.25, 0.3) is 0 Å². The van der Waals surface area contributed by atoms with Gasteiger partial charge in [-0.1, -0.05) is 23.7 Å². The van der Waals surface area contributed by atoms with Crippen molar-refractivity contribution >= 4 is 11.6 Å². The maximum Gasteiger partial charge on any atom is 0.123 e. The molecular weight excluding hydrogens is 251 g/mol. The quantitative estimate of drug-likeness (QED) is 0.916. The Balaban J connectivity index is 2.23. The van der Waals surface area contributed by atoms with Crippen LogP contribution in [0, 0.1) is 5.82 Å². The molecule has 4 heteroatoms. The summed E-state index contributed by atoms with van der Waals surface area (Å²) in [6.07, 6.45) is 4.02. The van der Waals surface area contributed by atoms with Gasteiger partial charge in [0.2, 0.25) is 0 Å². The molecule has 94 valence electrons. The summed E-state index contributed by atoms with van der Waals surface area (Å²) in [5, 5.41) is 3.81. The topological polar surface area (TPSA) is 24.9 Å². The van der Waals surface area contributed by atoms with Gasteiger partial charge >= 0.3 is 0 Å². The van der Waals surface area contributed by atoms with Gasteiger partial charge in [0.1, 0.15) is 5.82 Å². The lowest BCUT2D eigenvalue weighted by atomic mass is 9.99. The fourth-order valence-corrected chi connectivity index (χ4v) is 2.10. The molecule has 0 amide bonds. The molecular formula is C14H14ClFN2. The Hall–Kier alpha value is -1.45. The second kappa shape index (κ2) is 5.94. The van der Waals surface area contributed by atoms with Crippen molar-refractivity contribution in [1.29, 1.82) is 0 Å². The number of nitrogens with zero attached hydrogens (tertiary/aromatic N) is 1. The van der Waals surface area contributed by atoms with Crippen LogP contribution in [0.2, 0.25) is 5.02 Å². The van der Waals surface area contributed by atoms with Crippen molar-refractivity contribution in [2.75, 3.05) is 7.05 Å². The Kier molecular flexibility index (Phi) is 4.28. The van der Waals surface area contributed by atoms with Gasteiger partial charge in [-0.3, -0.25) is 4.98 Å². The molecule has 18 heavy (non-hydrogen) atoms. The van der Waals surface area contributed by atoms with Crippen LogP contribution in [0.3, 0.4) is 0 Å². The van der Waals surface area contributed by atoms with Crippen LogP contribution in [0.4, 0.5) is 4.39 Å². The molecule has 2 nitrogen and oxygen atoms in total. The van der Waals surface area contributed by atoms with E-state index in [1.165, 1.54) is 12.1 Å². The zero-order valence-electron chi connectivity index (χ0n) is 10.0. The SMILES string of the molecule is CNC(Cc1ccncc1Cl)c1cccc(F)c1. The van der Waals surface area contributed by atoms with Gasteiger partial charge in [0, 0.05) is 18.4 Å². The van der Waals surface area contributed by atoms with Crippen LogP contribution in [0.1, 0.15) is 17.2 Å². The normalized spacial score (nSPS) is 12.4. The van der Waals surface area contributed by atoms with Crippen molar-refractivity contribution in [1.82, 2.24) is 10.3 Å². The third-order valence-electron chi connectivity index (χ3n) is 2.88. The first-order valence-electron chi connectivity index (χ1n) is 5.72. The molecule has 0 saturated heterocycles. The summed E-state index contributed by atoms with van der Waals surface area (Å²) in [6.45, 7) is 0. The number of likely N-dealkylation sites (N-methyl/N-ethyl adjacent to an activating group) is 1. The number of aromatic nitrogens is 1. The monoisotopic (exact) mass is 264 g/mol. The second-order valence-corrected chi connectivity index (χ2v) is 4.47. The standard InChI is InChI=1S/C14H14ClFN2/c1-17-14(11-3-2-4-12(16)7-11)8-10-5-6-18-9-13(10)15/h2-7,9,14,17H,8H2,1H3. The van der Waals surface area contributed by atoms with E-state index in [0.717, 1.165) is 11.1 Å². The van der Waals surface area contributed by atoms with Gasteiger partial charge < -0.3 is 5.32 Å². The molecule has 0 bridgehead atoms. The summed E-state index contributed by atoms with van der Waals surface area (Å²) in [5.41, 5.74) is 1.90. The highest BCUT2D eigenvalue weighted by molar-refractivity contribution is 6.31. The lowest BCUT2D eigenvalue weighted by Crippen LogP contribution is -2.19. The van der Waals surface area contributed by atoms with E-state index < -0.39 is 0 Å². The Morgan fingerprint density at radius 1 is 1.39 bits per heavy atom. The van der Waals surface area contributed by atoms with Crippen molar-refractivity contribution < 1.29 is 4.39 Å². The molecule has 0 aliphatic carbocycles. The predicted molar refractivity (Wildman–Crippen MR) is 71.2 cm³/mol. The molecule has 1 N–H and O–H groups in total. The molecule has 2 rings (SSSR count). The van der Waals surface area contributed by atoms with E-state index >= 15 is 0 Å². The summed E-state index contributed by atoms with van der Waals surface area (Å²) >= 11 is 6.08. The molecule has 0 fully saturated rings. The molecule has 0 saturated carbocycles. The summed E-state index contributed by atoms with van der Waals surface area (Å²) in [5.74, 6) is -0.228. The highest BCUT2D eigenvalue weighted by atomic mass is 35.5. The number of hydrogen-bond donors (Lipinski definition) is 1. The van der Waals surface area contributed by atoms with E-state index in [1.54, 1.807) is 18.5 Å². The minimum Gasteiger partial charge on any atom is -0.313 e. The van der Waals surface area contributed by atoms with Crippen molar-refractivity contribution in [2.24, 2.45) is 0 Å². The maximum atomic E-state index is 13.2. The summed E-state index contributed by atoms with van der Waals surface area (Å²) in [6, 6.07) is 8.50. The highest BCUT2D eigenvalue weighted by Crippen LogP contribution is 2.22. The zero-order chi connectivity index (χ0) is 13.0. The summed E-state index contributed by atoms with van der Waals surface area (Å²) in [4.78, 5) is 3.95. The Bertz CT molecular complexity index is 531. The third kappa shape index (κ3) is 3.06. The Labute approximate surface area is 111 Å². The molecule has 1 aromatic heterocycles. The van der Waals surface area contributed by atoms with Gasteiger partial charge in [-0.25, -0.2) is 4.39 Å². The first-order valence-corrected chi connectivity index (χ1v) is 6.09. The Morgan fingerprint density at radius 3 is 2.89 bits per heavy atom. The molecule has 0 spiro atoms. The second-order valence-electron chi connectivity index (χ2n) is 4.07. The largest absolute Gasteiger partial charge is 0.313 e. The molecule has 1 unspecified atom stereocenters. The first-order chi connectivity index (χ1) is 8.70. The van der Waals surface area contributed by atoms with Gasteiger partial charge in [-0.05, 0) is 42.8 Å². The number of pyridine rings is 1. The van der Waals surface area contributed by atoms with Crippen LogP contribution in [-0.4, -0.2) is 12.0 Å². The summed E-state index contributed by atoms with van der Waals surface area (Å²) < 4.78 is 13.2. The fourth-order valence-electron chi connectivity index (χ4n) is 1.90. The van der Waals surface area contributed by atoms with Crippen LogP contribution in [-0.2, 0) is 6.42 Å². The predicted octanol–water partition coefficient (Wildman–Crippen LogP) is 3.38. The minimum absolute atomic E-state index is 0.0283. The molecule has 2 aromatic rings. The number of rotatable bonds is 4. The van der Waals surface area contributed by atoms with Crippen molar-refractivity contribution in [3.8, 4) is 0 Å². The fraction of sp³-hybridized carbons (Fsp3) is 0.214. The van der Waals surface area contributed by atoms with Crippen molar-refractivity contribution in [2.45, 2.75) is 12.5 Å². The lowest BCUT2D eigenvalue weighted by molar-refractivity contribution is 0.577. The van der Waals surface area contributed by atoms with Crippen LogP contribution in [0.5, 0.6) is 0 Å². The molecule has 1 aromatic carbocycles. The molecule has 0 radical (unpaired) electrons. The van der Waals surface area contributed by atoms with Gasteiger partial charge in [-0.15, -0.1) is 0 Å². The number of nitrogens with one attached hydrogen (secondary N) is 1. The minimum atomic E-state index is -0.228. The Morgan fingerprint density at radius 2 is 2.22 bits per heavy atom. The van der Waals surface area contributed by atoms with E-state index in [-0.39, 0.29) is 11.9 Å². The van der Waals surface area contributed by atoms with E-state index in [9.17, 15) is 4.39 Å².